The Balaban J connectivity index is 2.03. The molecule has 150 valence electrons. The molecule has 4 rings (SSSR count). The van der Waals surface area contributed by atoms with Crippen molar-refractivity contribution in [2.45, 2.75) is 32.2 Å². The van der Waals surface area contributed by atoms with Crippen molar-refractivity contribution in [3.63, 3.8) is 0 Å². The van der Waals surface area contributed by atoms with Crippen molar-refractivity contribution < 1.29 is 13.5 Å². The van der Waals surface area contributed by atoms with Gasteiger partial charge in [0.2, 0.25) is 0 Å². The quantitative estimate of drug-likeness (QED) is 0.669. The van der Waals surface area contributed by atoms with Crippen LogP contribution in [0.2, 0.25) is 0 Å². The van der Waals surface area contributed by atoms with Gasteiger partial charge in [-0.1, -0.05) is 32.9 Å². The van der Waals surface area contributed by atoms with E-state index in [2.05, 4.69) is 14.7 Å². The monoisotopic (exact) mass is 412 g/mol. The highest BCUT2D eigenvalue weighted by atomic mass is 32.2. The van der Waals surface area contributed by atoms with Gasteiger partial charge in [0, 0.05) is 12.7 Å². The molecule has 0 saturated heterocycles. The molecule has 0 radical (unpaired) electrons. The predicted molar refractivity (Wildman–Crippen MR) is 111 cm³/mol. The highest BCUT2D eigenvalue weighted by Crippen LogP contribution is 2.32. The summed E-state index contributed by atoms with van der Waals surface area (Å²) in [6.07, 6.45) is 1.54. The lowest BCUT2D eigenvalue weighted by Crippen LogP contribution is -2.35. The number of aromatic hydroxyl groups is 1. The fourth-order valence-corrected chi connectivity index (χ4v) is 4.44. The van der Waals surface area contributed by atoms with E-state index in [1.807, 2.05) is 20.8 Å². The van der Waals surface area contributed by atoms with Crippen LogP contribution in [0, 0.1) is 5.41 Å². The van der Waals surface area contributed by atoms with Gasteiger partial charge in [-0.3, -0.25) is 9.36 Å². The van der Waals surface area contributed by atoms with Crippen molar-refractivity contribution in [1.29, 1.82) is 0 Å². The Morgan fingerprint density at radius 3 is 2.59 bits per heavy atom. The largest absolute Gasteiger partial charge is 0.506 e. The van der Waals surface area contributed by atoms with E-state index < -0.39 is 15.6 Å². The smallest absolute Gasteiger partial charge is 0.286 e. The molecule has 0 amide bonds. The van der Waals surface area contributed by atoms with Gasteiger partial charge in [-0.2, -0.15) is 8.42 Å². The summed E-state index contributed by atoms with van der Waals surface area (Å²) in [5, 5.41) is 14.1. The number of sulfonamides is 1. The van der Waals surface area contributed by atoms with E-state index in [0.29, 0.717) is 23.3 Å². The molecule has 2 N–H and O–H groups in total. The van der Waals surface area contributed by atoms with E-state index in [4.69, 9.17) is 0 Å². The van der Waals surface area contributed by atoms with Crippen LogP contribution in [0.4, 0.5) is 5.69 Å². The first-order valence-electron chi connectivity index (χ1n) is 9.00. The number of pyridine rings is 2. The number of benzene rings is 1. The summed E-state index contributed by atoms with van der Waals surface area (Å²) < 4.78 is 30.5. The van der Waals surface area contributed by atoms with Crippen molar-refractivity contribution in [1.82, 2.24) is 9.55 Å². The number of para-hydroxylation sites is 1. The third kappa shape index (κ3) is 3.27. The van der Waals surface area contributed by atoms with Crippen molar-refractivity contribution in [3.8, 4) is 5.75 Å². The number of amidine groups is 1. The first kappa shape index (κ1) is 19.1. The van der Waals surface area contributed by atoms with Crippen LogP contribution >= 0.6 is 0 Å². The molecule has 0 spiro atoms. The first-order valence-corrected chi connectivity index (χ1v) is 10.4. The molecule has 0 unspecified atom stereocenters. The van der Waals surface area contributed by atoms with Gasteiger partial charge in [-0.25, -0.2) is 4.98 Å². The second kappa shape index (κ2) is 6.41. The van der Waals surface area contributed by atoms with Crippen LogP contribution < -0.4 is 10.9 Å². The summed E-state index contributed by atoms with van der Waals surface area (Å²) in [5.41, 5.74) is -0.404. The zero-order valence-corrected chi connectivity index (χ0v) is 17.0. The third-order valence-electron chi connectivity index (χ3n) is 4.49. The molecule has 8 nitrogen and oxygen atoms in total. The number of nitrogens with zero attached hydrogens (tertiary/aromatic N) is 3. The Labute approximate surface area is 167 Å². The molecule has 0 saturated carbocycles. The maximum Gasteiger partial charge on any atom is 0.286 e. The van der Waals surface area contributed by atoms with E-state index in [9.17, 15) is 18.3 Å². The molecule has 0 fully saturated rings. The summed E-state index contributed by atoms with van der Waals surface area (Å²) in [5.74, 6) is -0.566. The standard InChI is InChI=1S/C20H20N4O4S/c1-20(2,3)11-24-18-12(7-6-10-21-18)16(25)15(19(24)26)17-22-13-8-4-5-9-14(13)29(27,28)23-17/h4-10,25H,11H2,1-3H3,(H,22,23). The van der Waals surface area contributed by atoms with Gasteiger partial charge in [0.25, 0.3) is 15.6 Å². The van der Waals surface area contributed by atoms with Crippen LogP contribution in [-0.2, 0) is 16.6 Å². The van der Waals surface area contributed by atoms with Gasteiger partial charge in [-0.05, 0) is 29.7 Å². The van der Waals surface area contributed by atoms with Crippen molar-refractivity contribution in [3.05, 3.63) is 58.5 Å². The molecular formula is C20H20N4O4S. The second-order valence-corrected chi connectivity index (χ2v) is 9.66. The topological polar surface area (TPSA) is 114 Å². The van der Waals surface area contributed by atoms with E-state index in [0.717, 1.165) is 0 Å². The minimum Gasteiger partial charge on any atom is -0.506 e. The Bertz CT molecular complexity index is 1330. The molecular weight excluding hydrogens is 392 g/mol. The lowest BCUT2D eigenvalue weighted by Gasteiger charge is -2.23. The highest BCUT2D eigenvalue weighted by molar-refractivity contribution is 7.90. The number of aromatic nitrogens is 2. The lowest BCUT2D eigenvalue weighted by molar-refractivity contribution is 0.342. The average Bonchev–Trinajstić information content (AvgIpc) is 2.64. The van der Waals surface area contributed by atoms with E-state index in [-0.39, 0.29) is 27.5 Å². The Morgan fingerprint density at radius 2 is 1.86 bits per heavy atom. The molecule has 2 aromatic heterocycles. The van der Waals surface area contributed by atoms with Gasteiger partial charge in [0.1, 0.15) is 21.9 Å². The molecule has 9 heteroatoms. The molecule has 3 heterocycles. The van der Waals surface area contributed by atoms with Crippen LogP contribution in [-0.4, -0.2) is 28.9 Å². The summed E-state index contributed by atoms with van der Waals surface area (Å²) in [6, 6.07) is 9.54. The van der Waals surface area contributed by atoms with Gasteiger partial charge in [-0.15, -0.1) is 4.40 Å². The Kier molecular flexibility index (Phi) is 4.23. The van der Waals surface area contributed by atoms with Crippen LogP contribution in [0.3, 0.4) is 0 Å². The summed E-state index contributed by atoms with van der Waals surface area (Å²) >= 11 is 0. The number of rotatable bonds is 2. The molecule has 1 aliphatic heterocycles. The van der Waals surface area contributed by atoms with Crippen LogP contribution in [0.5, 0.6) is 5.75 Å². The van der Waals surface area contributed by atoms with E-state index in [1.165, 1.54) is 16.8 Å². The molecule has 1 aromatic carbocycles. The molecule has 29 heavy (non-hydrogen) atoms. The maximum absolute atomic E-state index is 13.4. The molecule has 0 bridgehead atoms. The zero-order chi connectivity index (χ0) is 21.0. The molecule has 0 aliphatic carbocycles. The fourth-order valence-electron chi connectivity index (χ4n) is 3.32. The minimum absolute atomic E-state index is 0.0145. The number of anilines is 1. The summed E-state index contributed by atoms with van der Waals surface area (Å²) in [7, 11) is -4.02. The number of nitrogens with one attached hydrogen (secondary N) is 1. The van der Waals surface area contributed by atoms with Gasteiger partial charge >= 0.3 is 0 Å². The van der Waals surface area contributed by atoms with Crippen molar-refractivity contribution >= 4 is 32.6 Å². The molecule has 3 aromatic rings. The van der Waals surface area contributed by atoms with Crippen LogP contribution in [0.1, 0.15) is 26.3 Å². The highest BCUT2D eigenvalue weighted by Gasteiger charge is 2.30. The fraction of sp³-hybridized carbons (Fsp3) is 0.250. The minimum atomic E-state index is -4.02. The van der Waals surface area contributed by atoms with E-state index in [1.54, 1.807) is 30.3 Å². The maximum atomic E-state index is 13.4. The first-order chi connectivity index (χ1) is 13.6. The predicted octanol–water partition coefficient (Wildman–Crippen LogP) is 2.71. The zero-order valence-electron chi connectivity index (χ0n) is 16.2. The van der Waals surface area contributed by atoms with Crippen molar-refractivity contribution in [2.75, 3.05) is 5.32 Å². The third-order valence-corrected chi connectivity index (χ3v) is 5.83. The Morgan fingerprint density at radius 1 is 1.14 bits per heavy atom. The van der Waals surface area contributed by atoms with Gasteiger partial charge in [0.05, 0.1) is 11.1 Å². The van der Waals surface area contributed by atoms with E-state index >= 15 is 0 Å². The van der Waals surface area contributed by atoms with Crippen LogP contribution in [0.15, 0.2) is 56.7 Å². The lowest BCUT2D eigenvalue weighted by atomic mass is 9.96. The molecule has 1 aliphatic rings. The summed E-state index contributed by atoms with van der Waals surface area (Å²) in [6.45, 7) is 6.23. The Hall–Kier alpha value is -3.20. The normalized spacial score (nSPS) is 15.5. The van der Waals surface area contributed by atoms with Crippen LogP contribution in [0.25, 0.3) is 11.0 Å². The molecule has 0 atom stereocenters. The SMILES string of the molecule is CC(C)(C)Cn1c(=O)c(C2=NS(=O)(=O)c3ccccc3N2)c(O)c2cccnc21. The average molecular weight is 412 g/mol. The summed E-state index contributed by atoms with van der Waals surface area (Å²) in [4.78, 5) is 17.6. The second-order valence-electron chi connectivity index (χ2n) is 8.09. The number of fused-ring (bicyclic) bond motifs is 2. The van der Waals surface area contributed by atoms with Crippen molar-refractivity contribution in [2.24, 2.45) is 9.81 Å². The number of hydrogen-bond acceptors (Lipinski definition) is 6. The number of hydrogen-bond donors (Lipinski definition) is 2. The van der Waals surface area contributed by atoms with Gasteiger partial charge < -0.3 is 10.4 Å². The van der Waals surface area contributed by atoms with Gasteiger partial charge in [0.15, 0.2) is 5.84 Å².